The summed E-state index contributed by atoms with van der Waals surface area (Å²) in [5.74, 6) is -0.301. The van der Waals surface area contributed by atoms with Gasteiger partial charge >= 0.3 is 5.97 Å². The minimum atomic E-state index is -0.639. The molecule has 0 heterocycles. The number of nitrogens with zero attached hydrogens (tertiary/aromatic N) is 1. The summed E-state index contributed by atoms with van der Waals surface area (Å²) >= 11 is 12.0. The standard InChI is InChI=1S/C28H22Cl2N2O4/c1-2-35-26-14-18(10-13-25(26)36-28(34)23-12-11-21(29)16-24(23)30)17-31-32-27(33)15-20-8-5-7-19-6-3-4-9-22(19)20/h3-14,16-17H,2,15H2,1H3,(H,32,33)/b31-17-. The number of rotatable bonds is 8. The molecule has 1 N–H and O–H groups in total. The number of nitrogens with one attached hydrogen (secondary N) is 1. The predicted molar refractivity (Wildman–Crippen MR) is 142 cm³/mol. The van der Waals surface area contributed by atoms with Crippen molar-refractivity contribution >= 4 is 52.1 Å². The van der Waals surface area contributed by atoms with Crippen molar-refractivity contribution in [1.82, 2.24) is 5.43 Å². The lowest BCUT2D eigenvalue weighted by Gasteiger charge is -2.12. The van der Waals surface area contributed by atoms with Gasteiger partial charge in [0.2, 0.25) is 5.91 Å². The van der Waals surface area contributed by atoms with Crippen molar-refractivity contribution in [3.8, 4) is 11.5 Å². The van der Waals surface area contributed by atoms with Crippen LogP contribution in [-0.2, 0) is 11.2 Å². The van der Waals surface area contributed by atoms with E-state index >= 15 is 0 Å². The molecule has 0 spiro atoms. The Morgan fingerprint density at radius 1 is 0.944 bits per heavy atom. The van der Waals surface area contributed by atoms with E-state index in [4.69, 9.17) is 32.7 Å². The van der Waals surface area contributed by atoms with Crippen molar-refractivity contribution in [1.29, 1.82) is 0 Å². The maximum atomic E-state index is 12.6. The van der Waals surface area contributed by atoms with Crippen LogP contribution in [0.5, 0.6) is 11.5 Å². The van der Waals surface area contributed by atoms with E-state index in [1.165, 1.54) is 18.3 Å². The third-order valence-electron chi connectivity index (χ3n) is 5.26. The van der Waals surface area contributed by atoms with Crippen LogP contribution in [0.25, 0.3) is 10.8 Å². The maximum Gasteiger partial charge on any atom is 0.345 e. The third kappa shape index (κ3) is 6.22. The van der Waals surface area contributed by atoms with Crippen LogP contribution in [0.1, 0.15) is 28.4 Å². The molecule has 0 bridgehead atoms. The van der Waals surface area contributed by atoms with E-state index in [-0.39, 0.29) is 28.7 Å². The fourth-order valence-electron chi connectivity index (χ4n) is 3.61. The molecule has 36 heavy (non-hydrogen) atoms. The molecule has 0 aromatic heterocycles. The molecule has 4 rings (SSSR count). The fourth-order valence-corrected chi connectivity index (χ4v) is 4.09. The minimum absolute atomic E-state index is 0.183. The zero-order valence-corrected chi connectivity index (χ0v) is 20.8. The summed E-state index contributed by atoms with van der Waals surface area (Å²) < 4.78 is 11.1. The van der Waals surface area contributed by atoms with Crippen LogP contribution in [0.4, 0.5) is 0 Å². The molecule has 0 aliphatic heterocycles. The largest absolute Gasteiger partial charge is 0.490 e. The zero-order chi connectivity index (χ0) is 25.5. The molecule has 0 saturated heterocycles. The van der Waals surface area contributed by atoms with Gasteiger partial charge in [0.05, 0.1) is 29.8 Å². The highest BCUT2D eigenvalue weighted by Crippen LogP contribution is 2.30. The smallest absolute Gasteiger partial charge is 0.345 e. The first-order valence-corrected chi connectivity index (χ1v) is 11.9. The molecular weight excluding hydrogens is 499 g/mol. The maximum absolute atomic E-state index is 12.6. The molecule has 4 aromatic rings. The molecule has 0 aliphatic carbocycles. The molecular formula is C28H22Cl2N2O4. The number of esters is 1. The number of carbonyl (C=O) groups is 2. The Labute approximate surface area is 218 Å². The number of halogens is 2. The van der Waals surface area contributed by atoms with Crippen molar-refractivity contribution in [2.75, 3.05) is 6.61 Å². The molecule has 8 heteroatoms. The molecule has 0 fully saturated rings. The fraction of sp³-hybridized carbons (Fsp3) is 0.107. The van der Waals surface area contributed by atoms with Gasteiger partial charge in [-0.25, -0.2) is 10.2 Å². The first-order valence-electron chi connectivity index (χ1n) is 11.2. The number of amides is 1. The zero-order valence-electron chi connectivity index (χ0n) is 19.3. The number of fused-ring (bicyclic) bond motifs is 1. The lowest BCUT2D eigenvalue weighted by Crippen LogP contribution is -2.19. The number of hydrazone groups is 1. The van der Waals surface area contributed by atoms with Crippen LogP contribution in [0.2, 0.25) is 10.0 Å². The SMILES string of the molecule is CCOc1cc(/C=N\NC(=O)Cc2cccc3ccccc23)ccc1OC(=O)c1ccc(Cl)cc1Cl. The monoisotopic (exact) mass is 520 g/mol. The Balaban J connectivity index is 1.43. The van der Waals surface area contributed by atoms with E-state index < -0.39 is 5.97 Å². The van der Waals surface area contributed by atoms with E-state index in [0.29, 0.717) is 22.9 Å². The topological polar surface area (TPSA) is 77.0 Å². The molecule has 0 saturated carbocycles. The highest BCUT2D eigenvalue weighted by molar-refractivity contribution is 6.36. The molecule has 4 aromatic carbocycles. The van der Waals surface area contributed by atoms with Crippen molar-refractivity contribution in [3.05, 3.63) is 106 Å². The molecule has 0 unspecified atom stereocenters. The van der Waals surface area contributed by atoms with Crippen LogP contribution < -0.4 is 14.9 Å². The Kier molecular flexibility index (Phi) is 8.21. The second-order valence-electron chi connectivity index (χ2n) is 7.76. The quantitative estimate of drug-likeness (QED) is 0.125. The number of benzene rings is 4. The summed E-state index contributed by atoms with van der Waals surface area (Å²) in [5.41, 5.74) is 4.31. The summed E-state index contributed by atoms with van der Waals surface area (Å²) in [4.78, 5) is 25.0. The Bertz CT molecular complexity index is 1450. The average Bonchev–Trinajstić information content (AvgIpc) is 2.86. The summed E-state index contributed by atoms with van der Waals surface area (Å²) in [6.07, 6.45) is 1.69. The normalized spacial score (nSPS) is 11.0. The molecule has 0 radical (unpaired) electrons. The van der Waals surface area contributed by atoms with E-state index in [2.05, 4.69) is 10.5 Å². The lowest BCUT2D eigenvalue weighted by molar-refractivity contribution is -0.120. The van der Waals surface area contributed by atoms with Gasteiger partial charge in [0.1, 0.15) is 0 Å². The second kappa shape index (κ2) is 11.7. The van der Waals surface area contributed by atoms with Crippen molar-refractivity contribution < 1.29 is 19.1 Å². The molecule has 6 nitrogen and oxygen atoms in total. The minimum Gasteiger partial charge on any atom is -0.490 e. The van der Waals surface area contributed by atoms with E-state index in [9.17, 15) is 9.59 Å². The molecule has 0 aliphatic rings. The molecule has 0 atom stereocenters. The Hall–Kier alpha value is -3.87. The van der Waals surface area contributed by atoms with Gasteiger partial charge in [-0.3, -0.25) is 4.79 Å². The summed E-state index contributed by atoms with van der Waals surface area (Å²) in [7, 11) is 0. The van der Waals surface area contributed by atoms with Gasteiger partial charge in [0.25, 0.3) is 0 Å². The van der Waals surface area contributed by atoms with Crippen molar-refractivity contribution in [2.45, 2.75) is 13.3 Å². The Morgan fingerprint density at radius 3 is 2.56 bits per heavy atom. The summed E-state index contributed by atoms with van der Waals surface area (Å²) in [6, 6.07) is 23.2. The second-order valence-corrected chi connectivity index (χ2v) is 8.60. The van der Waals surface area contributed by atoms with Gasteiger partial charge in [-0.05, 0) is 65.2 Å². The molecule has 1 amide bonds. The summed E-state index contributed by atoms with van der Waals surface area (Å²) in [5, 5.41) is 6.77. The van der Waals surface area contributed by atoms with Gasteiger partial charge in [0.15, 0.2) is 11.5 Å². The van der Waals surface area contributed by atoms with Crippen LogP contribution >= 0.6 is 23.2 Å². The van der Waals surface area contributed by atoms with Crippen LogP contribution in [0.15, 0.2) is 84.0 Å². The Morgan fingerprint density at radius 2 is 1.75 bits per heavy atom. The van der Waals surface area contributed by atoms with E-state index in [1.807, 2.05) is 49.4 Å². The van der Waals surface area contributed by atoms with Gasteiger partial charge in [-0.15, -0.1) is 0 Å². The van der Waals surface area contributed by atoms with E-state index in [1.54, 1.807) is 24.3 Å². The van der Waals surface area contributed by atoms with Gasteiger partial charge < -0.3 is 9.47 Å². The van der Waals surface area contributed by atoms with Crippen molar-refractivity contribution in [3.63, 3.8) is 0 Å². The predicted octanol–water partition coefficient (Wildman–Crippen LogP) is 6.46. The highest BCUT2D eigenvalue weighted by atomic mass is 35.5. The van der Waals surface area contributed by atoms with Gasteiger partial charge in [0, 0.05) is 5.02 Å². The number of hydrogen-bond acceptors (Lipinski definition) is 5. The lowest BCUT2D eigenvalue weighted by atomic mass is 10.0. The van der Waals surface area contributed by atoms with Crippen LogP contribution in [0.3, 0.4) is 0 Å². The van der Waals surface area contributed by atoms with Gasteiger partial charge in [-0.2, -0.15) is 5.10 Å². The van der Waals surface area contributed by atoms with Crippen LogP contribution in [-0.4, -0.2) is 24.7 Å². The number of hydrogen-bond donors (Lipinski definition) is 1. The van der Waals surface area contributed by atoms with E-state index in [0.717, 1.165) is 16.3 Å². The highest BCUT2D eigenvalue weighted by Gasteiger charge is 2.16. The first kappa shape index (κ1) is 25.2. The third-order valence-corrected chi connectivity index (χ3v) is 5.80. The average molecular weight is 521 g/mol. The summed E-state index contributed by atoms with van der Waals surface area (Å²) in [6.45, 7) is 2.17. The number of carbonyl (C=O) groups excluding carboxylic acids is 2. The first-order chi connectivity index (χ1) is 17.4. The van der Waals surface area contributed by atoms with Crippen molar-refractivity contribution in [2.24, 2.45) is 5.10 Å². The van der Waals surface area contributed by atoms with Gasteiger partial charge in [-0.1, -0.05) is 65.7 Å². The molecule has 182 valence electrons. The van der Waals surface area contributed by atoms with Crippen LogP contribution in [0, 0.1) is 0 Å². The number of ether oxygens (including phenoxy) is 2.